The number of aldehydes is 1. The Morgan fingerprint density at radius 3 is 2.61 bits per heavy atom. The van der Waals surface area contributed by atoms with E-state index in [4.69, 9.17) is 0 Å². The molecule has 5 heteroatoms. The smallest absolute Gasteiger partial charge is 0.261 e. The van der Waals surface area contributed by atoms with Gasteiger partial charge < -0.3 is 5.11 Å². The van der Waals surface area contributed by atoms with Crippen LogP contribution in [0, 0.1) is 6.92 Å². The number of phenolic OH excluding ortho intramolecular Hbond substituents is 1. The Balaban J connectivity index is 2.93. The molecular weight excluding hydrogens is 232 g/mol. The quantitative estimate of drug-likeness (QED) is 0.820. The van der Waals surface area contributed by atoms with E-state index in [9.17, 15) is 14.7 Å². The van der Waals surface area contributed by atoms with Gasteiger partial charge in [-0.2, -0.15) is 0 Å². The molecule has 0 spiro atoms. The molecule has 0 atom stereocenters. The average molecular weight is 246 g/mol. The van der Waals surface area contributed by atoms with Crippen molar-refractivity contribution in [2.75, 3.05) is 0 Å². The molecule has 0 bridgehead atoms. The molecule has 0 unspecified atom stereocenters. The number of aromatic nitrogens is 2. The molecule has 5 nitrogen and oxygen atoms in total. The molecule has 2 aromatic rings. The summed E-state index contributed by atoms with van der Waals surface area (Å²) >= 11 is 0. The number of phenols is 1. The van der Waals surface area contributed by atoms with Gasteiger partial charge >= 0.3 is 0 Å². The first-order valence-corrected chi connectivity index (χ1v) is 5.66. The molecule has 1 N–H and O–H groups in total. The van der Waals surface area contributed by atoms with Crippen LogP contribution in [-0.2, 0) is 0 Å². The number of fused-ring (bicyclic) bond motifs is 1. The first kappa shape index (κ1) is 12.3. The van der Waals surface area contributed by atoms with Gasteiger partial charge in [0.15, 0.2) is 6.29 Å². The number of aromatic hydroxyl groups is 1. The normalized spacial score (nSPS) is 11.1. The van der Waals surface area contributed by atoms with E-state index in [2.05, 4.69) is 4.98 Å². The largest absolute Gasteiger partial charge is 0.507 e. The van der Waals surface area contributed by atoms with Gasteiger partial charge in [-0.1, -0.05) is 0 Å². The van der Waals surface area contributed by atoms with E-state index in [1.807, 2.05) is 13.8 Å². The van der Waals surface area contributed by atoms with E-state index in [1.54, 1.807) is 11.5 Å². The van der Waals surface area contributed by atoms with E-state index in [0.717, 1.165) is 0 Å². The van der Waals surface area contributed by atoms with Crippen LogP contribution >= 0.6 is 0 Å². The molecule has 0 aliphatic rings. The second kappa shape index (κ2) is 4.25. The Bertz CT molecular complexity index is 687. The van der Waals surface area contributed by atoms with Gasteiger partial charge in [-0.25, -0.2) is 4.98 Å². The van der Waals surface area contributed by atoms with Gasteiger partial charge in [0.25, 0.3) is 5.56 Å². The highest BCUT2D eigenvalue weighted by molar-refractivity contribution is 5.89. The van der Waals surface area contributed by atoms with Gasteiger partial charge in [0.2, 0.25) is 0 Å². The van der Waals surface area contributed by atoms with Crippen LogP contribution in [0.1, 0.15) is 36.1 Å². The molecule has 0 aliphatic heterocycles. The second-order valence-corrected chi connectivity index (χ2v) is 4.47. The number of carbonyl (C=O) groups excluding carboxylic acids is 1. The summed E-state index contributed by atoms with van der Waals surface area (Å²) in [5.41, 5.74) is 0.300. The lowest BCUT2D eigenvalue weighted by Crippen LogP contribution is -2.25. The van der Waals surface area contributed by atoms with Crippen molar-refractivity contribution in [1.82, 2.24) is 9.55 Å². The van der Waals surface area contributed by atoms with E-state index in [-0.39, 0.29) is 22.9 Å². The predicted octanol–water partition coefficient (Wildman–Crippen LogP) is 1.80. The van der Waals surface area contributed by atoms with Gasteiger partial charge in [-0.15, -0.1) is 0 Å². The van der Waals surface area contributed by atoms with Crippen LogP contribution in [0.4, 0.5) is 0 Å². The molecule has 0 saturated heterocycles. The minimum absolute atomic E-state index is 0.0112. The Hall–Kier alpha value is -2.17. The Labute approximate surface area is 104 Å². The first-order chi connectivity index (χ1) is 8.45. The van der Waals surface area contributed by atoms with Gasteiger partial charge in [-0.05, 0) is 26.8 Å². The fourth-order valence-corrected chi connectivity index (χ4v) is 2.07. The maximum atomic E-state index is 12.3. The molecule has 0 amide bonds. The zero-order valence-corrected chi connectivity index (χ0v) is 10.5. The standard InChI is InChI=1S/C13H14N2O3/c1-7(2)15-8(3)14-11-5-12(17)9(6-16)4-10(11)13(15)18/h4-7,17H,1-3H3. The average Bonchev–Trinajstić information content (AvgIpc) is 2.27. The van der Waals surface area contributed by atoms with Crippen molar-refractivity contribution >= 4 is 17.2 Å². The number of benzene rings is 1. The number of nitrogens with zero attached hydrogens (tertiary/aromatic N) is 2. The zero-order valence-electron chi connectivity index (χ0n) is 10.5. The van der Waals surface area contributed by atoms with E-state index < -0.39 is 0 Å². The van der Waals surface area contributed by atoms with Crippen molar-refractivity contribution in [2.45, 2.75) is 26.8 Å². The maximum Gasteiger partial charge on any atom is 0.261 e. The van der Waals surface area contributed by atoms with E-state index >= 15 is 0 Å². The maximum absolute atomic E-state index is 12.3. The molecular formula is C13H14N2O3. The highest BCUT2D eigenvalue weighted by atomic mass is 16.3. The third kappa shape index (κ3) is 1.77. The molecule has 1 aromatic heterocycles. The SMILES string of the molecule is Cc1nc2cc(O)c(C=O)cc2c(=O)n1C(C)C. The second-order valence-electron chi connectivity index (χ2n) is 4.47. The molecule has 94 valence electrons. The molecule has 0 fully saturated rings. The Morgan fingerprint density at radius 2 is 2.06 bits per heavy atom. The molecule has 1 aromatic carbocycles. The van der Waals surface area contributed by atoms with Crippen molar-refractivity contribution in [1.29, 1.82) is 0 Å². The molecule has 0 saturated carbocycles. The summed E-state index contributed by atoms with van der Waals surface area (Å²) < 4.78 is 1.56. The minimum Gasteiger partial charge on any atom is -0.507 e. The van der Waals surface area contributed by atoms with Gasteiger partial charge in [0.1, 0.15) is 11.6 Å². The molecule has 2 rings (SSSR count). The lowest BCUT2D eigenvalue weighted by molar-refractivity contribution is 0.112. The van der Waals surface area contributed by atoms with Gasteiger partial charge in [0.05, 0.1) is 16.5 Å². The summed E-state index contributed by atoms with van der Waals surface area (Å²) in [7, 11) is 0. The fraction of sp³-hybridized carbons (Fsp3) is 0.308. The van der Waals surface area contributed by atoms with Crippen molar-refractivity contribution in [3.05, 3.63) is 33.9 Å². The van der Waals surface area contributed by atoms with Crippen LogP contribution in [0.3, 0.4) is 0 Å². The zero-order chi connectivity index (χ0) is 13.4. The summed E-state index contributed by atoms with van der Waals surface area (Å²) in [5.74, 6) is 0.423. The number of carbonyl (C=O) groups is 1. The van der Waals surface area contributed by atoms with Crippen molar-refractivity contribution < 1.29 is 9.90 Å². The Kier molecular flexibility index (Phi) is 2.90. The van der Waals surface area contributed by atoms with Crippen LogP contribution in [0.5, 0.6) is 5.75 Å². The van der Waals surface area contributed by atoms with Crippen LogP contribution < -0.4 is 5.56 Å². The van der Waals surface area contributed by atoms with Gasteiger partial charge in [0, 0.05) is 12.1 Å². The number of rotatable bonds is 2. The number of hydrogen-bond donors (Lipinski definition) is 1. The molecule has 0 aliphatic carbocycles. The Morgan fingerprint density at radius 1 is 1.39 bits per heavy atom. The number of aryl methyl sites for hydroxylation is 1. The minimum atomic E-state index is -0.199. The summed E-state index contributed by atoms with van der Waals surface area (Å²) in [5, 5.41) is 9.93. The van der Waals surface area contributed by atoms with Crippen LogP contribution in [-0.4, -0.2) is 20.9 Å². The predicted molar refractivity (Wildman–Crippen MR) is 68.2 cm³/mol. The van der Waals surface area contributed by atoms with Crippen molar-refractivity contribution in [3.8, 4) is 5.75 Å². The molecule has 1 heterocycles. The van der Waals surface area contributed by atoms with E-state index in [0.29, 0.717) is 23.0 Å². The third-order valence-corrected chi connectivity index (χ3v) is 2.87. The van der Waals surface area contributed by atoms with Gasteiger partial charge in [-0.3, -0.25) is 14.2 Å². The van der Waals surface area contributed by atoms with Crippen molar-refractivity contribution in [3.63, 3.8) is 0 Å². The lowest BCUT2D eigenvalue weighted by atomic mass is 10.1. The van der Waals surface area contributed by atoms with Crippen molar-refractivity contribution in [2.24, 2.45) is 0 Å². The summed E-state index contributed by atoms with van der Waals surface area (Å²) in [4.78, 5) is 27.4. The summed E-state index contributed by atoms with van der Waals surface area (Å²) in [6.07, 6.45) is 0.522. The van der Waals surface area contributed by atoms with E-state index in [1.165, 1.54) is 12.1 Å². The lowest BCUT2D eigenvalue weighted by Gasteiger charge is -2.14. The van der Waals surface area contributed by atoms with Crippen LogP contribution in [0.15, 0.2) is 16.9 Å². The summed E-state index contributed by atoms with van der Waals surface area (Å²) in [6, 6.07) is 2.71. The third-order valence-electron chi connectivity index (χ3n) is 2.87. The highest BCUT2D eigenvalue weighted by Gasteiger charge is 2.13. The monoisotopic (exact) mass is 246 g/mol. The highest BCUT2D eigenvalue weighted by Crippen LogP contribution is 2.21. The summed E-state index contributed by atoms with van der Waals surface area (Å²) in [6.45, 7) is 5.53. The molecule has 18 heavy (non-hydrogen) atoms. The topological polar surface area (TPSA) is 72.2 Å². The van der Waals surface area contributed by atoms with Crippen LogP contribution in [0.25, 0.3) is 10.9 Å². The molecule has 0 radical (unpaired) electrons. The fourth-order valence-electron chi connectivity index (χ4n) is 2.07. The first-order valence-electron chi connectivity index (χ1n) is 5.66. The van der Waals surface area contributed by atoms with Crippen LogP contribution in [0.2, 0.25) is 0 Å². The number of hydrogen-bond acceptors (Lipinski definition) is 4.